The number of alkyl carbamates (subject to hydrolysis) is 1. The Morgan fingerprint density at radius 2 is 1.47 bits per heavy atom. The van der Waals surface area contributed by atoms with Crippen molar-refractivity contribution in [2.45, 2.75) is 12.3 Å². The van der Waals surface area contributed by atoms with Gasteiger partial charge in [-0.25, -0.2) is 4.79 Å². The highest BCUT2D eigenvalue weighted by Crippen LogP contribution is 2.44. The number of hydrogen-bond acceptors (Lipinski definition) is 4. The zero-order chi connectivity index (χ0) is 22.3. The van der Waals surface area contributed by atoms with Crippen molar-refractivity contribution in [3.63, 3.8) is 0 Å². The van der Waals surface area contributed by atoms with Crippen molar-refractivity contribution in [1.29, 1.82) is 0 Å². The summed E-state index contributed by atoms with van der Waals surface area (Å²) in [7, 11) is 0. The minimum atomic E-state index is -0.504. The van der Waals surface area contributed by atoms with Crippen LogP contribution in [0.5, 0.6) is 0 Å². The minimum Gasteiger partial charge on any atom is -0.449 e. The van der Waals surface area contributed by atoms with Crippen LogP contribution in [-0.2, 0) is 4.74 Å². The summed E-state index contributed by atoms with van der Waals surface area (Å²) in [5.74, 6) is 5.75. The van der Waals surface area contributed by atoms with Crippen LogP contribution in [0.4, 0.5) is 4.79 Å². The standard InChI is InChI=1S/C27H21NO4/c29-16-19-8-7-9-20(17-30)21(19)10-5-6-15-28-27(31)32-18-26-24-13-3-1-11-22(24)23-12-2-4-14-25(23)26/h1-4,7-9,11-14,16-17,26H,6,15,18H2,(H,28,31). The van der Waals surface area contributed by atoms with Crippen molar-refractivity contribution in [3.05, 3.63) is 94.5 Å². The third-order valence-electron chi connectivity index (χ3n) is 5.46. The SMILES string of the molecule is O=Cc1cccc(C=O)c1C#CCCNC(=O)OCC1c2ccccc2-c2ccccc21. The topological polar surface area (TPSA) is 72.5 Å². The molecular weight excluding hydrogens is 402 g/mol. The number of carbonyl (C=O) groups excluding carboxylic acids is 3. The van der Waals surface area contributed by atoms with Gasteiger partial charge in [-0.15, -0.1) is 0 Å². The molecule has 0 unspecified atom stereocenters. The van der Waals surface area contributed by atoms with Crippen molar-refractivity contribution in [3.8, 4) is 23.0 Å². The van der Waals surface area contributed by atoms with Crippen LogP contribution in [0, 0.1) is 11.8 Å². The van der Waals surface area contributed by atoms with E-state index in [1.54, 1.807) is 18.2 Å². The van der Waals surface area contributed by atoms with E-state index in [-0.39, 0.29) is 12.5 Å². The van der Waals surface area contributed by atoms with Crippen LogP contribution in [0.3, 0.4) is 0 Å². The van der Waals surface area contributed by atoms with Crippen molar-refractivity contribution in [2.24, 2.45) is 0 Å². The lowest BCUT2D eigenvalue weighted by Crippen LogP contribution is -2.26. The first-order valence-corrected chi connectivity index (χ1v) is 10.3. The van der Waals surface area contributed by atoms with Crippen LogP contribution >= 0.6 is 0 Å². The number of carbonyl (C=O) groups is 3. The molecule has 1 aliphatic rings. The molecule has 0 fully saturated rings. The van der Waals surface area contributed by atoms with Crippen LogP contribution in [0.2, 0.25) is 0 Å². The summed E-state index contributed by atoms with van der Waals surface area (Å²) in [4.78, 5) is 34.5. The van der Waals surface area contributed by atoms with Crippen LogP contribution in [-0.4, -0.2) is 31.8 Å². The molecule has 0 heterocycles. The van der Waals surface area contributed by atoms with E-state index >= 15 is 0 Å². The smallest absolute Gasteiger partial charge is 0.407 e. The number of ether oxygens (including phenoxy) is 1. The first kappa shape index (κ1) is 21.1. The van der Waals surface area contributed by atoms with Gasteiger partial charge in [-0.2, -0.15) is 0 Å². The molecule has 5 heteroatoms. The van der Waals surface area contributed by atoms with Crippen molar-refractivity contribution < 1.29 is 19.1 Å². The van der Waals surface area contributed by atoms with Crippen molar-refractivity contribution >= 4 is 18.7 Å². The Balaban J connectivity index is 1.32. The zero-order valence-corrected chi connectivity index (χ0v) is 17.3. The van der Waals surface area contributed by atoms with E-state index < -0.39 is 6.09 Å². The maximum Gasteiger partial charge on any atom is 0.407 e. The molecule has 158 valence electrons. The van der Waals surface area contributed by atoms with Gasteiger partial charge in [0.2, 0.25) is 0 Å². The average Bonchev–Trinajstić information content (AvgIpc) is 3.16. The summed E-state index contributed by atoms with van der Waals surface area (Å²) >= 11 is 0. The van der Waals surface area contributed by atoms with Gasteiger partial charge >= 0.3 is 6.09 Å². The van der Waals surface area contributed by atoms with Gasteiger partial charge in [0.1, 0.15) is 6.61 Å². The fourth-order valence-electron chi connectivity index (χ4n) is 3.96. The predicted octanol–water partition coefficient (Wildman–Crippen LogP) is 4.59. The molecule has 3 aromatic carbocycles. The normalized spacial score (nSPS) is 11.5. The summed E-state index contributed by atoms with van der Waals surface area (Å²) in [5, 5.41) is 2.70. The fourth-order valence-corrected chi connectivity index (χ4v) is 3.96. The summed E-state index contributed by atoms with van der Waals surface area (Å²) in [6, 6.07) is 21.2. The summed E-state index contributed by atoms with van der Waals surface area (Å²) in [6.45, 7) is 0.546. The van der Waals surface area contributed by atoms with Gasteiger partial charge in [-0.05, 0) is 22.3 Å². The molecule has 0 bridgehead atoms. The number of aldehydes is 2. The molecule has 1 amide bonds. The number of amides is 1. The summed E-state index contributed by atoms with van der Waals surface area (Å²) < 4.78 is 5.49. The van der Waals surface area contributed by atoms with E-state index in [1.807, 2.05) is 24.3 Å². The number of fused-ring (bicyclic) bond motifs is 3. The van der Waals surface area contributed by atoms with Crippen molar-refractivity contribution in [2.75, 3.05) is 13.2 Å². The van der Waals surface area contributed by atoms with E-state index in [4.69, 9.17) is 4.74 Å². The van der Waals surface area contributed by atoms with Gasteiger partial charge in [0, 0.05) is 35.6 Å². The van der Waals surface area contributed by atoms with Crippen LogP contribution in [0.15, 0.2) is 66.7 Å². The van der Waals surface area contributed by atoms with Gasteiger partial charge in [-0.1, -0.05) is 78.6 Å². The molecule has 0 radical (unpaired) electrons. The Bertz CT molecular complexity index is 1160. The van der Waals surface area contributed by atoms with E-state index in [9.17, 15) is 14.4 Å². The highest BCUT2D eigenvalue weighted by atomic mass is 16.5. The van der Waals surface area contributed by atoms with Crippen LogP contribution in [0.25, 0.3) is 11.1 Å². The molecular formula is C27H21NO4. The lowest BCUT2D eigenvalue weighted by Gasteiger charge is -2.14. The first-order valence-electron chi connectivity index (χ1n) is 10.3. The lowest BCUT2D eigenvalue weighted by atomic mass is 9.98. The van der Waals surface area contributed by atoms with Crippen LogP contribution in [0.1, 0.15) is 49.7 Å². The second-order valence-electron chi connectivity index (χ2n) is 7.35. The lowest BCUT2D eigenvalue weighted by molar-refractivity contribution is 0.112. The molecule has 0 aliphatic heterocycles. The molecule has 0 atom stereocenters. The second kappa shape index (κ2) is 9.76. The molecule has 0 spiro atoms. The predicted molar refractivity (Wildman–Crippen MR) is 122 cm³/mol. The third-order valence-corrected chi connectivity index (χ3v) is 5.46. The molecule has 32 heavy (non-hydrogen) atoms. The monoisotopic (exact) mass is 423 g/mol. The van der Waals surface area contributed by atoms with Gasteiger partial charge in [0.05, 0.1) is 0 Å². The maximum absolute atomic E-state index is 12.2. The van der Waals surface area contributed by atoms with Gasteiger partial charge in [0.15, 0.2) is 12.6 Å². The Labute approximate surface area is 186 Å². The molecule has 0 saturated carbocycles. The van der Waals surface area contributed by atoms with Crippen LogP contribution < -0.4 is 5.32 Å². The number of benzene rings is 3. The molecule has 0 aromatic heterocycles. The number of rotatable bonds is 6. The Hall–Kier alpha value is -4.17. The maximum atomic E-state index is 12.2. The fraction of sp³-hybridized carbons (Fsp3) is 0.148. The third kappa shape index (κ3) is 4.30. The number of nitrogens with one attached hydrogen (secondary N) is 1. The average molecular weight is 423 g/mol. The molecule has 1 aliphatic carbocycles. The quantitative estimate of drug-likeness (QED) is 0.358. The molecule has 5 nitrogen and oxygen atoms in total. The summed E-state index contributed by atoms with van der Waals surface area (Å²) in [6.07, 6.45) is 1.20. The molecule has 3 aromatic rings. The van der Waals surface area contributed by atoms with Gasteiger partial charge < -0.3 is 10.1 Å². The summed E-state index contributed by atoms with van der Waals surface area (Å²) in [5.41, 5.74) is 5.81. The van der Waals surface area contributed by atoms with E-state index in [0.29, 0.717) is 42.2 Å². The highest BCUT2D eigenvalue weighted by molar-refractivity contribution is 5.88. The van der Waals surface area contributed by atoms with E-state index in [2.05, 4.69) is 41.4 Å². The first-order chi connectivity index (χ1) is 15.7. The van der Waals surface area contributed by atoms with E-state index in [1.165, 1.54) is 11.1 Å². The van der Waals surface area contributed by atoms with Gasteiger partial charge in [0.25, 0.3) is 0 Å². The Morgan fingerprint density at radius 1 is 0.875 bits per heavy atom. The zero-order valence-electron chi connectivity index (χ0n) is 17.3. The number of hydrogen-bond donors (Lipinski definition) is 1. The molecule has 4 rings (SSSR count). The largest absolute Gasteiger partial charge is 0.449 e. The Kier molecular flexibility index (Phi) is 6.43. The second-order valence-corrected chi connectivity index (χ2v) is 7.35. The molecule has 1 N–H and O–H groups in total. The Morgan fingerprint density at radius 3 is 2.06 bits per heavy atom. The highest BCUT2D eigenvalue weighted by Gasteiger charge is 2.28. The van der Waals surface area contributed by atoms with Crippen molar-refractivity contribution in [1.82, 2.24) is 5.32 Å². The van der Waals surface area contributed by atoms with E-state index in [0.717, 1.165) is 11.1 Å². The molecule has 0 saturated heterocycles. The minimum absolute atomic E-state index is 0.00884. The van der Waals surface area contributed by atoms with Gasteiger partial charge in [-0.3, -0.25) is 9.59 Å².